The maximum absolute atomic E-state index is 11.6. The monoisotopic (exact) mass is 286 g/mol. The number of hydrogen-bond donors (Lipinski definition) is 2. The van der Waals surface area contributed by atoms with Crippen molar-refractivity contribution in [1.29, 1.82) is 0 Å². The maximum Gasteiger partial charge on any atom is 0.223 e. The fourth-order valence-electron chi connectivity index (χ4n) is 2.70. The summed E-state index contributed by atoms with van der Waals surface area (Å²) in [6, 6.07) is 8.43. The summed E-state index contributed by atoms with van der Waals surface area (Å²) in [5.41, 5.74) is 2.59. The second kappa shape index (κ2) is 6.16. The molecular formula is C16H22N4O. The molecule has 2 N–H and O–H groups in total. The van der Waals surface area contributed by atoms with Crippen molar-refractivity contribution in [3.8, 4) is 0 Å². The summed E-state index contributed by atoms with van der Waals surface area (Å²) in [5.74, 6) is 1.34. The van der Waals surface area contributed by atoms with Gasteiger partial charge in [0.25, 0.3) is 0 Å². The fraction of sp³-hybridized carbons (Fsp3) is 0.500. The predicted octanol–water partition coefficient (Wildman–Crippen LogP) is 1.15. The highest BCUT2D eigenvalue weighted by Crippen LogP contribution is 2.28. The quantitative estimate of drug-likeness (QED) is 0.496. The van der Waals surface area contributed by atoms with Crippen molar-refractivity contribution in [3.63, 3.8) is 0 Å². The van der Waals surface area contributed by atoms with Crippen LogP contribution in [-0.2, 0) is 11.2 Å². The molecule has 0 aromatic heterocycles. The van der Waals surface area contributed by atoms with Gasteiger partial charge in [-0.1, -0.05) is 18.2 Å². The Balaban J connectivity index is 1.51. The first-order valence-corrected chi connectivity index (χ1v) is 7.63. The molecule has 1 aliphatic carbocycles. The Kier molecular flexibility index (Phi) is 4.08. The standard InChI is InChI=1S/C16H22N4O/c1-17-16(19-10-9-18-15(21)13-6-7-13)20-11-8-12-4-2-3-5-14(12)20/h2-5,13H,6-11H2,1H3,(H,17,19)(H,18,21). The van der Waals surface area contributed by atoms with E-state index in [4.69, 9.17) is 0 Å². The van der Waals surface area contributed by atoms with E-state index in [2.05, 4.69) is 44.8 Å². The van der Waals surface area contributed by atoms with Gasteiger partial charge in [0, 0.05) is 38.3 Å². The number of amides is 1. The smallest absolute Gasteiger partial charge is 0.223 e. The molecule has 0 spiro atoms. The third kappa shape index (κ3) is 3.17. The van der Waals surface area contributed by atoms with Crippen molar-refractivity contribution >= 4 is 17.6 Å². The van der Waals surface area contributed by atoms with Gasteiger partial charge in [0.15, 0.2) is 5.96 Å². The Morgan fingerprint density at radius 2 is 2.05 bits per heavy atom. The van der Waals surface area contributed by atoms with Crippen molar-refractivity contribution in [2.75, 3.05) is 31.6 Å². The molecule has 0 saturated heterocycles. The molecule has 2 aliphatic rings. The molecule has 0 radical (unpaired) electrons. The summed E-state index contributed by atoms with van der Waals surface area (Å²) in [7, 11) is 1.80. The summed E-state index contributed by atoms with van der Waals surface area (Å²) >= 11 is 0. The van der Waals surface area contributed by atoms with Gasteiger partial charge in [-0.05, 0) is 30.9 Å². The van der Waals surface area contributed by atoms with E-state index in [1.54, 1.807) is 7.05 Å². The van der Waals surface area contributed by atoms with Gasteiger partial charge in [-0.3, -0.25) is 9.79 Å². The zero-order chi connectivity index (χ0) is 14.7. The number of fused-ring (bicyclic) bond motifs is 1. The molecule has 0 bridgehead atoms. The second-order valence-electron chi connectivity index (χ2n) is 5.57. The van der Waals surface area contributed by atoms with Crippen LogP contribution in [0.25, 0.3) is 0 Å². The molecule has 3 rings (SSSR count). The number of rotatable bonds is 4. The van der Waals surface area contributed by atoms with Gasteiger partial charge in [0.1, 0.15) is 0 Å². The number of nitrogens with zero attached hydrogens (tertiary/aromatic N) is 2. The molecular weight excluding hydrogens is 264 g/mol. The highest BCUT2D eigenvalue weighted by atomic mass is 16.2. The number of guanidine groups is 1. The van der Waals surface area contributed by atoms with Crippen LogP contribution in [0.4, 0.5) is 5.69 Å². The van der Waals surface area contributed by atoms with Gasteiger partial charge in [0.05, 0.1) is 0 Å². The van der Waals surface area contributed by atoms with Crippen LogP contribution in [0.2, 0.25) is 0 Å². The van der Waals surface area contributed by atoms with Gasteiger partial charge in [-0.15, -0.1) is 0 Å². The molecule has 1 fully saturated rings. The van der Waals surface area contributed by atoms with Gasteiger partial charge in [-0.25, -0.2) is 0 Å². The van der Waals surface area contributed by atoms with Crippen LogP contribution in [0.5, 0.6) is 0 Å². The van der Waals surface area contributed by atoms with Gasteiger partial charge in [-0.2, -0.15) is 0 Å². The van der Waals surface area contributed by atoms with Crippen molar-refractivity contribution < 1.29 is 4.79 Å². The maximum atomic E-state index is 11.6. The van der Waals surface area contributed by atoms with Crippen LogP contribution in [0.1, 0.15) is 18.4 Å². The van der Waals surface area contributed by atoms with E-state index in [9.17, 15) is 4.79 Å². The number of hydrogen-bond acceptors (Lipinski definition) is 2. The second-order valence-corrected chi connectivity index (χ2v) is 5.57. The number of aliphatic imine (C=N–C) groups is 1. The molecule has 5 nitrogen and oxygen atoms in total. The molecule has 1 heterocycles. The first-order chi connectivity index (χ1) is 10.3. The van der Waals surface area contributed by atoms with Crippen LogP contribution >= 0.6 is 0 Å². The molecule has 5 heteroatoms. The normalized spacial score (nSPS) is 17.6. The summed E-state index contributed by atoms with van der Waals surface area (Å²) in [6.07, 6.45) is 3.15. The van der Waals surface area contributed by atoms with Gasteiger partial charge in [0.2, 0.25) is 5.91 Å². The Bertz CT molecular complexity index is 551. The Morgan fingerprint density at radius 1 is 1.29 bits per heavy atom. The van der Waals surface area contributed by atoms with Crippen molar-refractivity contribution in [3.05, 3.63) is 29.8 Å². The van der Waals surface area contributed by atoms with E-state index >= 15 is 0 Å². The summed E-state index contributed by atoms with van der Waals surface area (Å²) in [6.45, 7) is 2.29. The van der Waals surface area contributed by atoms with Crippen LogP contribution in [0.3, 0.4) is 0 Å². The van der Waals surface area contributed by atoms with Crippen LogP contribution < -0.4 is 15.5 Å². The summed E-state index contributed by atoms with van der Waals surface area (Å²) in [4.78, 5) is 18.1. The van der Waals surface area contributed by atoms with E-state index in [-0.39, 0.29) is 11.8 Å². The lowest BCUT2D eigenvalue weighted by molar-refractivity contribution is -0.122. The van der Waals surface area contributed by atoms with Crippen molar-refractivity contribution in [2.45, 2.75) is 19.3 Å². The van der Waals surface area contributed by atoms with Crippen LogP contribution in [-0.4, -0.2) is 38.5 Å². The zero-order valence-corrected chi connectivity index (χ0v) is 12.4. The number of anilines is 1. The first kappa shape index (κ1) is 13.9. The lowest BCUT2D eigenvalue weighted by atomic mass is 10.2. The summed E-state index contributed by atoms with van der Waals surface area (Å²) in [5, 5.41) is 6.29. The third-order valence-electron chi connectivity index (χ3n) is 4.01. The number of carbonyl (C=O) groups excluding carboxylic acids is 1. The highest BCUT2D eigenvalue weighted by Gasteiger charge is 2.29. The van der Waals surface area contributed by atoms with E-state index in [1.165, 1.54) is 11.3 Å². The molecule has 0 unspecified atom stereocenters. The number of benzene rings is 1. The number of carbonyl (C=O) groups is 1. The molecule has 1 aromatic rings. The first-order valence-electron chi connectivity index (χ1n) is 7.63. The Morgan fingerprint density at radius 3 is 2.81 bits per heavy atom. The van der Waals surface area contributed by atoms with E-state index in [1.807, 2.05) is 0 Å². The largest absolute Gasteiger partial charge is 0.354 e. The average molecular weight is 286 g/mol. The van der Waals surface area contributed by atoms with Gasteiger partial charge >= 0.3 is 0 Å². The SMILES string of the molecule is CN=C(NCCNC(=O)C1CC1)N1CCc2ccccc21. The lowest BCUT2D eigenvalue weighted by Gasteiger charge is -2.22. The Labute approximate surface area is 125 Å². The van der Waals surface area contributed by atoms with E-state index < -0.39 is 0 Å². The molecule has 112 valence electrons. The minimum Gasteiger partial charge on any atom is -0.354 e. The summed E-state index contributed by atoms with van der Waals surface area (Å²) < 4.78 is 0. The molecule has 1 aliphatic heterocycles. The fourth-order valence-corrected chi connectivity index (χ4v) is 2.70. The van der Waals surface area contributed by atoms with Gasteiger partial charge < -0.3 is 15.5 Å². The molecule has 1 amide bonds. The Hall–Kier alpha value is -2.04. The lowest BCUT2D eigenvalue weighted by Crippen LogP contribution is -2.43. The molecule has 1 aromatic carbocycles. The van der Waals surface area contributed by atoms with Crippen LogP contribution in [0.15, 0.2) is 29.3 Å². The molecule has 1 saturated carbocycles. The number of para-hydroxylation sites is 1. The molecule has 0 atom stereocenters. The average Bonchev–Trinajstić information content (AvgIpc) is 3.28. The predicted molar refractivity (Wildman–Crippen MR) is 84.6 cm³/mol. The highest BCUT2D eigenvalue weighted by molar-refractivity contribution is 5.97. The topological polar surface area (TPSA) is 56.7 Å². The van der Waals surface area contributed by atoms with Crippen molar-refractivity contribution in [2.24, 2.45) is 10.9 Å². The van der Waals surface area contributed by atoms with Crippen molar-refractivity contribution in [1.82, 2.24) is 10.6 Å². The molecule has 21 heavy (non-hydrogen) atoms. The van der Waals surface area contributed by atoms with E-state index in [0.717, 1.165) is 31.8 Å². The third-order valence-corrected chi connectivity index (χ3v) is 4.01. The van der Waals surface area contributed by atoms with Crippen LogP contribution in [0, 0.1) is 5.92 Å². The van der Waals surface area contributed by atoms with E-state index in [0.29, 0.717) is 13.1 Å². The minimum absolute atomic E-state index is 0.193. The number of nitrogens with one attached hydrogen (secondary N) is 2. The zero-order valence-electron chi connectivity index (χ0n) is 12.4. The minimum atomic E-state index is 0.193.